The molecule has 1 aromatic heterocycles. The van der Waals surface area contributed by atoms with E-state index in [-0.39, 0.29) is 5.41 Å². The van der Waals surface area contributed by atoms with Crippen molar-refractivity contribution in [3.63, 3.8) is 0 Å². The van der Waals surface area contributed by atoms with Gasteiger partial charge in [0.2, 0.25) is 0 Å². The van der Waals surface area contributed by atoms with E-state index in [0.29, 0.717) is 0 Å². The van der Waals surface area contributed by atoms with Crippen LogP contribution in [0.2, 0.25) is 0 Å². The Hall–Kier alpha value is -8.76. The monoisotopic (exact) mass is 934 g/mol. The molecule has 0 saturated heterocycles. The molecule has 2 aliphatic rings. The van der Waals surface area contributed by atoms with E-state index in [2.05, 4.69) is 290 Å². The predicted molar refractivity (Wildman–Crippen MR) is 307 cm³/mol. The Morgan fingerprint density at radius 1 is 0.361 bits per heavy atom. The van der Waals surface area contributed by atoms with Gasteiger partial charge in [0.1, 0.15) is 0 Å². The smallest absolute Gasteiger partial charge is 0.180 e. The molecule has 0 bridgehead atoms. The quantitative estimate of drug-likeness (QED) is 0.138. The first kappa shape index (κ1) is 42.1. The maximum Gasteiger partial charge on any atom is 0.180 e. The lowest BCUT2D eigenvalue weighted by Crippen LogP contribution is -2.72. The van der Waals surface area contributed by atoms with Crippen molar-refractivity contribution >= 4 is 67.7 Å². The molecule has 0 amide bonds. The number of nitrogens with zero attached hydrogens (tertiary/aromatic N) is 2. The van der Waals surface area contributed by atoms with Gasteiger partial charge in [-0.1, -0.05) is 226 Å². The number of rotatable bonds is 8. The summed E-state index contributed by atoms with van der Waals surface area (Å²) in [7, 11) is -2.73. The molecule has 0 unspecified atom stereocenters. The maximum absolute atomic E-state index is 2.73. The number of fused-ring (bicyclic) bond motifs is 9. The minimum absolute atomic E-state index is 0.243. The molecule has 0 N–H and O–H groups in total. The Balaban J connectivity index is 1.01. The highest BCUT2D eigenvalue weighted by molar-refractivity contribution is 7.22. The Labute approximate surface area is 422 Å². The van der Waals surface area contributed by atoms with Crippen LogP contribution in [-0.4, -0.2) is 12.6 Å². The summed E-state index contributed by atoms with van der Waals surface area (Å²) >= 11 is 0. The summed E-state index contributed by atoms with van der Waals surface area (Å²) < 4.78 is 2.41. The summed E-state index contributed by atoms with van der Waals surface area (Å²) in [5.74, 6) is 0. The third-order valence-corrected chi connectivity index (χ3v) is 20.7. The first-order valence-corrected chi connectivity index (χ1v) is 27.2. The van der Waals surface area contributed by atoms with Crippen LogP contribution in [0.3, 0.4) is 0 Å². The standard InChI is InChI=1S/C69H50N2Si/c1-69(2)62-35-16-12-30-55(62)59-34-21-37-65(68(59)69)70(51-41-43-64-61(46-51)56-31-13-17-36-63(56)71(64)49-25-8-4-9-26-49)50-40-42-54(60(45-50)47-22-6-3-7-23-47)48-24-20-29-53(44-48)72(52-27-10-5-11-28-52)66-38-18-14-32-57(66)58-33-15-19-39-67(58)72/h3-46H,1-2H3. The van der Waals surface area contributed by atoms with Crippen LogP contribution >= 0.6 is 0 Å². The average Bonchev–Trinajstić information content (AvgIpc) is 4.03. The zero-order chi connectivity index (χ0) is 48.0. The molecule has 0 spiro atoms. The van der Waals surface area contributed by atoms with Gasteiger partial charge in [0.05, 0.1) is 16.7 Å². The first-order chi connectivity index (χ1) is 35.5. The number of para-hydroxylation sites is 2. The van der Waals surface area contributed by atoms with Gasteiger partial charge in [-0.05, 0) is 131 Å². The fourth-order valence-corrected chi connectivity index (χ4v) is 18.0. The van der Waals surface area contributed by atoms with Crippen molar-refractivity contribution < 1.29 is 0 Å². The normalized spacial score (nSPS) is 13.6. The molecule has 0 saturated carbocycles. The SMILES string of the molecule is CC1(C)c2ccccc2-c2cccc(N(c3ccc(-c4cccc([Si]5(c6ccccc6)c6ccccc6-c6ccccc65)c4)c(-c4ccccc4)c3)c3ccc4c(c3)c3ccccc3n4-c3ccccc3)c21. The summed E-state index contributed by atoms with van der Waals surface area (Å²) in [6.45, 7) is 4.79. The molecule has 0 radical (unpaired) electrons. The highest BCUT2D eigenvalue weighted by Crippen LogP contribution is 2.55. The number of hydrogen-bond donors (Lipinski definition) is 0. The minimum atomic E-state index is -2.73. The Kier molecular flexibility index (Phi) is 9.61. The Bertz CT molecular complexity index is 4030. The van der Waals surface area contributed by atoms with Gasteiger partial charge in [0.15, 0.2) is 8.07 Å². The van der Waals surface area contributed by atoms with Crippen molar-refractivity contribution in [3.8, 4) is 50.2 Å². The molecule has 2 heterocycles. The Morgan fingerprint density at radius 2 is 0.917 bits per heavy atom. The lowest BCUT2D eigenvalue weighted by atomic mass is 9.81. The molecule has 12 aromatic rings. The zero-order valence-corrected chi connectivity index (χ0v) is 41.3. The van der Waals surface area contributed by atoms with Crippen LogP contribution in [0.1, 0.15) is 25.0 Å². The maximum atomic E-state index is 2.54. The van der Waals surface area contributed by atoms with Crippen LogP contribution in [-0.2, 0) is 5.41 Å². The van der Waals surface area contributed by atoms with Gasteiger partial charge < -0.3 is 9.47 Å². The van der Waals surface area contributed by atoms with Crippen molar-refractivity contribution in [2.45, 2.75) is 19.3 Å². The molecular weight excluding hydrogens is 885 g/mol. The molecule has 3 heteroatoms. The fraction of sp³-hybridized carbons (Fsp3) is 0.0435. The second-order valence-electron chi connectivity index (χ2n) is 20.0. The van der Waals surface area contributed by atoms with Crippen molar-refractivity contribution in [1.82, 2.24) is 4.57 Å². The third-order valence-electron chi connectivity index (χ3n) is 15.8. The minimum Gasteiger partial charge on any atom is -0.310 e. The summed E-state index contributed by atoms with van der Waals surface area (Å²) in [5.41, 5.74) is 19.5. The average molecular weight is 935 g/mol. The highest BCUT2D eigenvalue weighted by Gasteiger charge is 2.48. The summed E-state index contributed by atoms with van der Waals surface area (Å²) in [6, 6.07) is 100.0. The zero-order valence-electron chi connectivity index (χ0n) is 40.3. The molecule has 340 valence electrons. The van der Waals surface area contributed by atoms with E-state index in [1.54, 1.807) is 0 Å². The Morgan fingerprint density at radius 3 is 1.68 bits per heavy atom. The van der Waals surface area contributed by atoms with Gasteiger partial charge in [-0.15, -0.1) is 0 Å². The van der Waals surface area contributed by atoms with Crippen LogP contribution in [0, 0.1) is 0 Å². The molecular formula is C69H50N2Si. The van der Waals surface area contributed by atoms with E-state index in [4.69, 9.17) is 0 Å². The van der Waals surface area contributed by atoms with E-state index in [1.807, 2.05) is 0 Å². The molecule has 14 rings (SSSR count). The van der Waals surface area contributed by atoms with E-state index in [9.17, 15) is 0 Å². The molecule has 72 heavy (non-hydrogen) atoms. The summed E-state index contributed by atoms with van der Waals surface area (Å²) in [5, 5.41) is 8.14. The largest absolute Gasteiger partial charge is 0.310 e. The third kappa shape index (κ3) is 6.20. The van der Waals surface area contributed by atoms with E-state index < -0.39 is 8.07 Å². The number of hydrogen-bond acceptors (Lipinski definition) is 1. The van der Waals surface area contributed by atoms with E-state index in [0.717, 1.165) is 17.1 Å². The first-order valence-electron chi connectivity index (χ1n) is 25.2. The molecule has 11 aromatic carbocycles. The highest BCUT2D eigenvalue weighted by atomic mass is 28.3. The lowest BCUT2D eigenvalue weighted by Gasteiger charge is -2.33. The van der Waals surface area contributed by atoms with Crippen LogP contribution in [0.4, 0.5) is 17.1 Å². The van der Waals surface area contributed by atoms with Gasteiger partial charge in [-0.3, -0.25) is 0 Å². The number of aromatic nitrogens is 1. The van der Waals surface area contributed by atoms with Gasteiger partial charge in [-0.2, -0.15) is 0 Å². The van der Waals surface area contributed by atoms with E-state index in [1.165, 1.54) is 104 Å². The van der Waals surface area contributed by atoms with Crippen molar-refractivity contribution in [2.75, 3.05) is 4.90 Å². The van der Waals surface area contributed by atoms with Gasteiger partial charge in [-0.25, -0.2) is 0 Å². The summed E-state index contributed by atoms with van der Waals surface area (Å²) in [4.78, 5) is 2.54. The van der Waals surface area contributed by atoms with Crippen LogP contribution in [0.25, 0.3) is 72.0 Å². The van der Waals surface area contributed by atoms with Gasteiger partial charge in [0, 0.05) is 33.2 Å². The topological polar surface area (TPSA) is 8.17 Å². The van der Waals surface area contributed by atoms with Gasteiger partial charge in [0.25, 0.3) is 0 Å². The van der Waals surface area contributed by atoms with Crippen LogP contribution in [0.5, 0.6) is 0 Å². The van der Waals surface area contributed by atoms with Gasteiger partial charge >= 0.3 is 0 Å². The second kappa shape index (κ2) is 16.4. The number of anilines is 3. The number of benzene rings is 11. The molecule has 2 nitrogen and oxygen atoms in total. The molecule has 0 atom stereocenters. The van der Waals surface area contributed by atoms with Crippen LogP contribution < -0.4 is 25.6 Å². The fourth-order valence-electron chi connectivity index (χ4n) is 12.8. The van der Waals surface area contributed by atoms with Crippen LogP contribution in [0.15, 0.2) is 267 Å². The van der Waals surface area contributed by atoms with Crippen molar-refractivity contribution in [2.24, 2.45) is 0 Å². The molecule has 1 aliphatic carbocycles. The molecule has 0 fully saturated rings. The van der Waals surface area contributed by atoms with Crippen molar-refractivity contribution in [1.29, 1.82) is 0 Å². The predicted octanol–water partition coefficient (Wildman–Crippen LogP) is 15.3. The second-order valence-corrected chi connectivity index (χ2v) is 23.7. The molecule has 1 aliphatic heterocycles. The lowest BCUT2D eigenvalue weighted by molar-refractivity contribution is 0.661. The summed E-state index contributed by atoms with van der Waals surface area (Å²) in [6.07, 6.45) is 0. The van der Waals surface area contributed by atoms with Crippen molar-refractivity contribution in [3.05, 3.63) is 278 Å². The van der Waals surface area contributed by atoms with E-state index >= 15 is 0 Å².